The van der Waals surface area contributed by atoms with Crippen molar-refractivity contribution in [1.82, 2.24) is 5.32 Å². The molecule has 2 N–H and O–H groups in total. The lowest BCUT2D eigenvalue weighted by atomic mass is 10.2. The molecule has 0 aliphatic heterocycles. The van der Waals surface area contributed by atoms with E-state index in [1.807, 2.05) is 6.07 Å². The van der Waals surface area contributed by atoms with Crippen LogP contribution in [-0.2, 0) is 19.1 Å². The average Bonchev–Trinajstić information content (AvgIpc) is 2.68. The predicted octanol–water partition coefficient (Wildman–Crippen LogP) is 2.74. The van der Waals surface area contributed by atoms with Crippen LogP contribution in [0.25, 0.3) is 6.08 Å². The molecule has 7 nitrogen and oxygen atoms in total. The Labute approximate surface area is 163 Å². The van der Waals surface area contributed by atoms with Crippen LogP contribution in [0.5, 0.6) is 5.75 Å². The van der Waals surface area contributed by atoms with Crippen LogP contribution in [0.3, 0.4) is 0 Å². The first kappa shape index (κ1) is 20.7. The van der Waals surface area contributed by atoms with Gasteiger partial charge in [-0.15, -0.1) is 0 Å². The van der Waals surface area contributed by atoms with Crippen molar-refractivity contribution in [3.8, 4) is 5.75 Å². The maximum Gasteiger partial charge on any atom is 0.355 e. The summed E-state index contributed by atoms with van der Waals surface area (Å²) in [5, 5.41) is 5.08. The van der Waals surface area contributed by atoms with Gasteiger partial charge < -0.3 is 20.1 Å². The Balaban J connectivity index is 2.07. The minimum Gasteiger partial charge on any atom is -0.497 e. The van der Waals surface area contributed by atoms with Gasteiger partial charge in [-0.25, -0.2) is 4.79 Å². The lowest BCUT2D eigenvalue weighted by molar-refractivity contribution is -0.149. The third-order valence-electron chi connectivity index (χ3n) is 3.63. The fourth-order valence-electron chi connectivity index (χ4n) is 2.27. The zero-order valence-electron chi connectivity index (χ0n) is 15.9. The number of esters is 1. The van der Waals surface area contributed by atoms with Crippen LogP contribution in [0.15, 0.2) is 60.3 Å². The van der Waals surface area contributed by atoms with Gasteiger partial charge in [-0.1, -0.05) is 36.4 Å². The summed E-state index contributed by atoms with van der Waals surface area (Å²) in [5.74, 6) is -1.16. The molecule has 2 rings (SSSR count). The standard InChI is InChI=1S/C21H22N2O5/c1-14(20(25)23-17-10-7-11-18(13-17)27-3)28-21(26)19(22-15(2)24)12-16-8-5-4-6-9-16/h4-14H,1-3H3,(H,22,24)(H,23,25)/b19-12-/t14-/m0/s1. The molecule has 0 saturated carbocycles. The number of carbonyl (C=O) groups is 3. The largest absolute Gasteiger partial charge is 0.497 e. The predicted molar refractivity (Wildman–Crippen MR) is 105 cm³/mol. The Kier molecular flexibility index (Phi) is 7.33. The zero-order valence-corrected chi connectivity index (χ0v) is 15.9. The Bertz CT molecular complexity index is 877. The van der Waals surface area contributed by atoms with E-state index < -0.39 is 23.9 Å². The first-order valence-corrected chi connectivity index (χ1v) is 8.59. The summed E-state index contributed by atoms with van der Waals surface area (Å²) in [6.45, 7) is 2.73. The number of carbonyl (C=O) groups excluding carboxylic acids is 3. The fourth-order valence-corrected chi connectivity index (χ4v) is 2.27. The molecule has 0 aromatic heterocycles. The first-order chi connectivity index (χ1) is 13.4. The molecular weight excluding hydrogens is 360 g/mol. The maximum absolute atomic E-state index is 12.4. The van der Waals surface area contributed by atoms with Crippen molar-refractivity contribution in [1.29, 1.82) is 0 Å². The van der Waals surface area contributed by atoms with Crippen molar-refractivity contribution in [3.63, 3.8) is 0 Å². The van der Waals surface area contributed by atoms with E-state index in [0.29, 0.717) is 17.0 Å². The van der Waals surface area contributed by atoms with Gasteiger partial charge in [-0.3, -0.25) is 9.59 Å². The van der Waals surface area contributed by atoms with E-state index in [-0.39, 0.29) is 5.70 Å². The van der Waals surface area contributed by atoms with Crippen molar-refractivity contribution in [2.24, 2.45) is 0 Å². The summed E-state index contributed by atoms with van der Waals surface area (Å²) in [6, 6.07) is 15.8. The van der Waals surface area contributed by atoms with Gasteiger partial charge in [0, 0.05) is 18.7 Å². The van der Waals surface area contributed by atoms with Crippen LogP contribution >= 0.6 is 0 Å². The molecule has 2 amide bonds. The van der Waals surface area contributed by atoms with Gasteiger partial charge in [0.05, 0.1) is 7.11 Å². The summed E-state index contributed by atoms with van der Waals surface area (Å²) in [4.78, 5) is 36.2. The molecule has 0 saturated heterocycles. The molecule has 0 aliphatic rings. The minimum absolute atomic E-state index is 0.0558. The molecule has 1 atom stereocenters. The highest BCUT2D eigenvalue weighted by Gasteiger charge is 2.21. The molecular formula is C21H22N2O5. The summed E-state index contributed by atoms with van der Waals surface area (Å²) >= 11 is 0. The van der Waals surface area contributed by atoms with Crippen LogP contribution in [0.2, 0.25) is 0 Å². The van der Waals surface area contributed by atoms with Crippen molar-refractivity contribution in [2.45, 2.75) is 20.0 Å². The summed E-state index contributed by atoms with van der Waals surface area (Å²) in [7, 11) is 1.52. The van der Waals surface area contributed by atoms with E-state index in [1.54, 1.807) is 48.5 Å². The topological polar surface area (TPSA) is 93.7 Å². The molecule has 7 heteroatoms. The highest BCUT2D eigenvalue weighted by Crippen LogP contribution is 2.17. The Morgan fingerprint density at radius 3 is 2.39 bits per heavy atom. The molecule has 0 fully saturated rings. The van der Waals surface area contributed by atoms with Gasteiger partial charge in [-0.05, 0) is 30.7 Å². The molecule has 28 heavy (non-hydrogen) atoms. The Hall–Kier alpha value is -3.61. The monoisotopic (exact) mass is 382 g/mol. The Morgan fingerprint density at radius 1 is 1.04 bits per heavy atom. The molecule has 0 heterocycles. The number of benzene rings is 2. The second kappa shape index (κ2) is 9.91. The second-order valence-electron chi connectivity index (χ2n) is 5.92. The first-order valence-electron chi connectivity index (χ1n) is 8.59. The lowest BCUT2D eigenvalue weighted by Gasteiger charge is -2.15. The van der Waals surface area contributed by atoms with Crippen LogP contribution in [-0.4, -0.2) is 31.0 Å². The summed E-state index contributed by atoms with van der Waals surface area (Å²) in [6.07, 6.45) is 0.405. The summed E-state index contributed by atoms with van der Waals surface area (Å²) in [5.41, 5.74) is 1.16. The van der Waals surface area contributed by atoms with Gasteiger partial charge in [0.25, 0.3) is 5.91 Å². The number of anilines is 1. The van der Waals surface area contributed by atoms with Gasteiger partial charge >= 0.3 is 5.97 Å². The highest BCUT2D eigenvalue weighted by atomic mass is 16.5. The van der Waals surface area contributed by atoms with Crippen molar-refractivity contribution in [3.05, 3.63) is 65.9 Å². The SMILES string of the molecule is COc1cccc(NC(=O)[C@H](C)OC(=O)/C(=C/c2ccccc2)NC(C)=O)c1. The van der Waals surface area contributed by atoms with Crippen LogP contribution in [0.4, 0.5) is 5.69 Å². The van der Waals surface area contributed by atoms with Gasteiger partial charge in [-0.2, -0.15) is 0 Å². The number of nitrogens with one attached hydrogen (secondary N) is 2. The van der Waals surface area contributed by atoms with E-state index in [2.05, 4.69) is 10.6 Å². The maximum atomic E-state index is 12.4. The van der Waals surface area contributed by atoms with Crippen molar-refractivity contribution < 1.29 is 23.9 Å². The molecule has 0 bridgehead atoms. The number of amides is 2. The van der Waals surface area contributed by atoms with Gasteiger partial charge in [0.2, 0.25) is 5.91 Å². The third kappa shape index (κ3) is 6.28. The van der Waals surface area contributed by atoms with Crippen LogP contribution in [0.1, 0.15) is 19.4 Å². The van der Waals surface area contributed by atoms with Crippen LogP contribution < -0.4 is 15.4 Å². The molecule has 2 aromatic carbocycles. The average molecular weight is 382 g/mol. The Morgan fingerprint density at radius 2 is 1.75 bits per heavy atom. The van der Waals surface area contributed by atoms with E-state index in [9.17, 15) is 14.4 Å². The smallest absolute Gasteiger partial charge is 0.355 e. The molecule has 0 spiro atoms. The van der Waals surface area contributed by atoms with E-state index in [1.165, 1.54) is 27.0 Å². The van der Waals surface area contributed by atoms with E-state index in [4.69, 9.17) is 9.47 Å². The number of methoxy groups -OCH3 is 1. The zero-order chi connectivity index (χ0) is 20.5. The lowest BCUT2D eigenvalue weighted by Crippen LogP contribution is -2.33. The quantitative estimate of drug-likeness (QED) is 0.567. The van der Waals surface area contributed by atoms with Gasteiger partial charge in [0.1, 0.15) is 11.4 Å². The number of hydrogen-bond donors (Lipinski definition) is 2. The molecule has 0 unspecified atom stereocenters. The van der Waals surface area contributed by atoms with Crippen LogP contribution in [0, 0.1) is 0 Å². The normalized spacial score (nSPS) is 11.9. The van der Waals surface area contributed by atoms with Gasteiger partial charge in [0.15, 0.2) is 6.10 Å². The second-order valence-corrected chi connectivity index (χ2v) is 5.92. The minimum atomic E-state index is -1.08. The van der Waals surface area contributed by atoms with Crippen molar-refractivity contribution >= 4 is 29.5 Å². The van der Waals surface area contributed by atoms with E-state index in [0.717, 1.165) is 0 Å². The van der Waals surface area contributed by atoms with E-state index >= 15 is 0 Å². The highest BCUT2D eigenvalue weighted by molar-refractivity contribution is 6.00. The third-order valence-corrected chi connectivity index (χ3v) is 3.63. The van der Waals surface area contributed by atoms with Crippen molar-refractivity contribution in [2.75, 3.05) is 12.4 Å². The molecule has 0 aliphatic carbocycles. The number of rotatable bonds is 7. The molecule has 2 aromatic rings. The number of hydrogen-bond acceptors (Lipinski definition) is 5. The number of ether oxygens (including phenoxy) is 2. The summed E-state index contributed by atoms with van der Waals surface area (Å²) < 4.78 is 10.3. The fraction of sp³-hybridized carbons (Fsp3) is 0.190. The molecule has 146 valence electrons. The molecule has 0 radical (unpaired) electrons.